The molecule has 1 unspecified atom stereocenters. The predicted molar refractivity (Wildman–Crippen MR) is 110 cm³/mol. The van der Waals surface area contributed by atoms with Gasteiger partial charge in [0.25, 0.3) is 0 Å². The molecule has 3 rings (SSSR count). The van der Waals surface area contributed by atoms with Crippen molar-refractivity contribution in [1.82, 2.24) is 19.7 Å². The molecule has 28 heavy (non-hydrogen) atoms. The molecule has 2 aromatic rings. The molecular formula is C22H30N4O2. The average molecular weight is 383 g/mol. The van der Waals surface area contributed by atoms with E-state index in [1.807, 2.05) is 24.8 Å². The van der Waals surface area contributed by atoms with Crippen molar-refractivity contribution in [3.05, 3.63) is 59.4 Å². The van der Waals surface area contributed by atoms with Crippen molar-refractivity contribution < 1.29 is 9.59 Å². The highest BCUT2D eigenvalue weighted by atomic mass is 16.2. The third-order valence-corrected chi connectivity index (χ3v) is 5.19. The summed E-state index contributed by atoms with van der Waals surface area (Å²) in [5.74, 6) is -0.0160. The summed E-state index contributed by atoms with van der Waals surface area (Å²) < 4.78 is 2.21. The summed E-state index contributed by atoms with van der Waals surface area (Å²) in [6, 6.07) is 12.2. The molecule has 6 nitrogen and oxygen atoms in total. The summed E-state index contributed by atoms with van der Waals surface area (Å²) >= 11 is 0. The third-order valence-electron chi connectivity index (χ3n) is 5.19. The summed E-state index contributed by atoms with van der Waals surface area (Å²) in [7, 11) is 0. The fourth-order valence-electron chi connectivity index (χ4n) is 3.79. The average Bonchev–Trinajstić information content (AvgIpc) is 3.16. The number of carbonyl (C=O) groups excluding carboxylic acids is 2. The number of hydrogen-bond acceptors (Lipinski definition) is 2. The van der Waals surface area contributed by atoms with Crippen LogP contribution in [0.4, 0.5) is 4.79 Å². The van der Waals surface area contributed by atoms with Gasteiger partial charge in [-0.1, -0.05) is 36.8 Å². The first-order valence-electron chi connectivity index (χ1n) is 10.1. The van der Waals surface area contributed by atoms with Crippen LogP contribution in [0.2, 0.25) is 0 Å². The highest BCUT2D eigenvalue weighted by Gasteiger charge is 2.33. The van der Waals surface area contributed by atoms with E-state index in [0.717, 1.165) is 24.2 Å². The quantitative estimate of drug-likeness (QED) is 0.834. The Morgan fingerprint density at radius 1 is 1.14 bits per heavy atom. The molecule has 1 atom stereocenters. The van der Waals surface area contributed by atoms with Crippen molar-refractivity contribution in [3.8, 4) is 0 Å². The number of nitrogens with zero attached hydrogens (tertiary/aromatic N) is 3. The zero-order valence-electron chi connectivity index (χ0n) is 17.0. The van der Waals surface area contributed by atoms with Crippen LogP contribution < -0.4 is 5.32 Å². The Hall–Kier alpha value is -2.76. The van der Waals surface area contributed by atoms with Crippen LogP contribution in [0.1, 0.15) is 43.1 Å². The summed E-state index contributed by atoms with van der Waals surface area (Å²) in [4.78, 5) is 29.1. The fraction of sp³-hybridized carbons (Fsp3) is 0.455. The summed E-state index contributed by atoms with van der Waals surface area (Å²) in [5, 5.41) is 2.81. The van der Waals surface area contributed by atoms with Crippen LogP contribution in [0.15, 0.2) is 42.6 Å². The monoisotopic (exact) mass is 382 g/mol. The molecule has 0 aliphatic carbocycles. The lowest BCUT2D eigenvalue weighted by molar-refractivity contribution is -0.134. The van der Waals surface area contributed by atoms with E-state index in [9.17, 15) is 9.59 Å². The molecule has 1 aliphatic rings. The van der Waals surface area contributed by atoms with Crippen molar-refractivity contribution in [3.63, 3.8) is 0 Å². The first-order chi connectivity index (χ1) is 13.5. The Balaban J connectivity index is 1.87. The highest BCUT2D eigenvalue weighted by molar-refractivity contribution is 5.84. The second kappa shape index (κ2) is 8.95. The molecule has 6 heteroatoms. The van der Waals surface area contributed by atoms with Gasteiger partial charge in [0.05, 0.1) is 6.04 Å². The minimum absolute atomic E-state index is 0.0160. The van der Waals surface area contributed by atoms with Gasteiger partial charge in [-0.25, -0.2) is 4.79 Å². The van der Waals surface area contributed by atoms with Gasteiger partial charge in [0.15, 0.2) is 0 Å². The van der Waals surface area contributed by atoms with E-state index in [4.69, 9.17) is 0 Å². The Bertz CT molecular complexity index is 812. The lowest BCUT2D eigenvalue weighted by Gasteiger charge is -2.38. The summed E-state index contributed by atoms with van der Waals surface area (Å²) in [6.45, 7) is 8.58. The van der Waals surface area contributed by atoms with Crippen LogP contribution in [-0.2, 0) is 11.3 Å². The number of carbonyl (C=O) groups is 2. The van der Waals surface area contributed by atoms with E-state index in [1.165, 1.54) is 5.56 Å². The number of aromatic nitrogens is 1. The van der Waals surface area contributed by atoms with Crippen molar-refractivity contribution in [1.29, 1.82) is 0 Å². The summed E-state index contributed by atoms with van der Waals surface area (Å²) in [5.41, 5.74) is 3.40. The van der Waals surface area contributed by atoms with Crippen molar-refractivity contribution >= 4 is 11.9 Å². The van der Waals surface area contributed by atoms with Crippen molar-refractivity contribution in [2.75, 3.05) is 26.2 Å². The standard InChI is InChI=1S/C22H30N4O2/c1-4-12-25(22(28)23-5-2)16-20(27)26-15-14-24-13-6-7-19(24)21(26)18-10-8-17(3)9-11-18/h6-11,13,21H,4-5,12,14-16H2,1-3H3,(H,23,28). The van der Waals surface area contributed by atoms with Gasteiger partial charge in [-0.2, -0.15) is 0 Å². The van der Waals surface area contributed by atoms with E-state index in [0.29, 0.717) is 19.6 Å². The van der Waals surface area contributed by atoms with Crippen LogP contribution in [0, 0.1) is 6.92 Å². The molecule has 1 aromatic carbocycles. The SMILES string of the molecule is CCCN(CC(=O)N1CCn2cccc2C1c1ccc(C)cc1)C(=O)NCC. The fourth-order valence-corrected chi connectivity index (χ4v) is 3.79. The number of aryl methyl sites for hydroxylation is 1. The molecule has 1 aliphatic heterocycles. The van der Waals surface area contributed by atoms with E-state index < -0.39 is 0 Å². The molecule has 1 N–H and O–H groups in total. The third kappa shape index (κ3) is 4.21. The Kier molecular flexibility index (Phi) is 6.39. The van der Waals surface area contributed by atoms with Crippen LogP contribution >= 0.6 is 0 Å². The molecule has 3 amide bonds. The van der Waals surface area contributed by atoms with Crippen LogP contribution in [0.3, 0.4) is 0 Å². The zero-order valence-corrected chi connectivity index (χ0v) is 17.0. The normalized spacial score (nSPS) is 15.8. The van der Waals surface area contributed by atoms with Crippen molar-refractivity contribution in [2.24, 2.45) is 0 Å². The Morgan fingerprint density at radius 2 is 1.89 bits per heavy atom. The topological polar surface area (TPSA) is 57.6 Å². The van der Waals surface area contributed by atoms with E-state index in [1.54, 1.807) is 4.90 Å². The minimum atomic E-state index is -0.176. The lowest BCUT2D eigenvalue weighted by Crippen LogP contribution is -2.50. The van der Waals surface area contributed by atoms with Gasteiger partial charge in [0.2, 0.25) is 5.91 Å². The molecule has 0 bridgehead atoms. The number of benzene rings is 1. The Labute approximate surface area is 167 Å². The number of urea groups is 1. The largest absolute Gasteiger partial charge is 0.348 e. The zero-order chi connectivity index (χ0) is 20.1. The maximum absolute atomic E-state index is 13.3. The van der Waals surface area contributed by atoms with E-state index in [-0.39, 0.29) is 24.5 Å². The second-order valence-corrected chi connectivity index (χ2v) is 7.28. The van der Waals surface area contributed by atoms with E-state index >= 15 is 0 Å². The maximum atomic E-state index is 13.3. The first kappa shape index (κ1) is 20.0. The first-order valence-corrected chi connectivity index (χ1v) is 10.1. The smallest absolute Gasteiger partial charge is 0.317 e. The molecule has 0 saturated carbocycles. The van der Waals surface area contributed by atoms with Gasteiger partial charge in [-0.15, -0.1) is 0 Å². The minimum Gasteiger partial charge on any atom is -0.348 e. The number of hydrogen-bond donors (Lipinski definition) is 1. The molecule has 150 valence electrons. The molecule has 0 saturated heterocycles. The Morgan fingerprint density at radius 3 is 2.57 bits per heavy atom. The summed E-state index contributed by atoms with van der Waals surface area (Å²) in [6.07, 6.45) is 2.88. The maximum Gasteiger partial charge on any atom is 0.317 e. The molecule has 0 radical (unpaired) electrons. The van der Waals surface area contributed by atoms with Crippen LogP contribution in [0.25, 0.3) is 0 Å². The number of nitrogens with one attached hydrogen (secondary N) is 1. The van der Waals surface area contributed by atoms with E-state index in [2.05, 4.69) is 53.3 Å². The van der Waals surface area contributed by atoms with Gasteiger partial charge in [0.1, 0.15) is 6.54 Å². The van der Waals surface area contributed by atoms with Gasteiger partial charge < -0.3 is 19.7 Å². The lowest BCUT2D eigenvalue weighted by atomic mass is 9.98. The molecule has 0 fully saturated rings. The second-order valence-electron chi connectivity index (χ2n) is 7.28. The number of fused-ring (bicyclic) bond motifs is 1. The predicted octanol–water partition coefficient (Wildman–Crippen LogP) is 3.17. The molecule has 2 heterocycles. The van der Waals surface area contributed by atoms with Gasteiger partial charge in [-0.3, -0.25) is 4.79 Å². The van der Waals surface area contributed by atoms with Gasteiger partial charge in [0, 0.05) is 38.1 Å². The van der Waals surface area contributed by atoms with Crippen LogP contribution in [-0.4, -0.2) is 52.5 Å². The highest BCUT2D eigenvalue weighted by Crippen LogP contribution is 2.32. The number of amides is 3. The van der Waals surface area contributed by atoms with Crippen LogP contribution in [0.5, 0.6) is 0 Å². The molecular weight excluding hydrogens is 352 g/mol. The van der Waals surface area contributed by atoms with Gasteiger partial charge in [-0.05, 0) is 38.0 Å². The van der Waals surface area contributed by atoms with Gasteiger partial charge >= 0.3 is 6.03 Å². The van der Waals surface area contributed by atoms with Crippen molar-refractivity contribution in [2.45, 2.75) is 39.8 Å². The molecule has 1 aromatic heterocycles. The molecule has 0 spiro atoms. The number of rotatable bonds is 6.